The van der Waals surface area contributed by atoms with Crippen LogP contribution in [0.2, 0.25) is 0 Å². The quantitative estimate of drug-likeness (QED) is 0.783. The first kappa shape index (κ1) is 19.8. The second-order valence-electron chi connectivity index (χ2n) is 8.25. The van der Waals surface area contributed by atoms with Gasteiger partial charge in [0.05, 0.1) is 19.7 Å². The Balaban J connectivity index is 1.28. The van der Waals surface area contributed by atoms with E-state index >= 15 is 0 Å². The summed E-state index contributed by atoms with van der Waals surface area (Å²) in [5, 5.41) is 3.31. The Bertz CT molecular complexity index is 807. The first-order chi connectivity index (χ1) is 14.1. The van der Waals surface area contributed by atoms with Crippen molar-refractivity contribution in [2.24, 2.45) is 5.92 Å². The number of amides is 1. The molecule has 154 valence electrons. The standard InChI is InChI=1S/C24H31N3O2/c1-18-3-5-19(6-4-18)24(20-7-8-20)25-23(28)17-26-13-15-27(16-14-26)21-9-11-22(29-2)12-10-21/h3-6,9-12,20,24H,7-8,13-17H2,1-2H3,(H,25,28). The molecule has 1 heterocycles. The van der Waals surface area contributed by atoms with Crippen molar-refractivity contribution in [2.45, 2.75) is 25.8 Å². The summed E-state index contributed by atoms with van der Waals surface area (Å²) in [7, 11) is 1.69. The van der Waals surface area contributed by atoms with Crippen LogP contribution in [0, 0.1) is 12.8 Å². The number of carbonyl (C=O) groups is 1. The number of carbonyl (C=O) groups excluding carboxylic acids is 1. The first-order valence-corrected chi connectivity index (χ1v) is 10.6. The molecule has 0 bridgehead atoms. The number of nitrogens with one attached hydrogen (secondary N) is 1. The second kappa shape index (κ2) is 8.87. The zero-order chi connectivity index (χ0) is 20.2. The molecule has 1 atom stereocenters. The van der Waals surface area contributed by atoms with Crippen LogP contribution in [0.4, 0.5) is 5.69 Å². The average Bonchev–Trinajstić information content (AvgIpc) is 3.59. The number of nitrogens with zero attached hydrogens (tertiary/aromatic N) is 2. The molecule has 1 aliphatic heterocycles. The highest BCUT2D eigenvalue weighted by molar-refractivity contribution is 5.78. The van der Waals surface area contributed by atoms with Crippen LogP contribution in [-0.4, -0.2) is 50.6 Å². The second-order valence-corrected chi connectivity index (χ2v) is 8.25. The number of anilines is 1. The minimum absolute atomic E-state index is 0.139. The third-order valence-electron chi connectivity index (χ3n) is 6.02. The van der Waals surface area contributed by atoms with Gasteiger partial charge in [0.1, 0.15) is 5.75 Å². The molecule has 2 aliphatic rings. The smallest absolute Gasteiger partial charge is 0.234 e. The van der Waals surface area contributed by atoms with Gasteiger partial charge in [0.15, 0.2) is 0 Å². The molecule has 1 aliphatic carbocycles. The van der Waals surface area contributed by atoms with Crippen molar-refractivity contribution in [3.05, 3.63) is 59.7 Å². The van der Waals surface area contributed by atoms with E-state index in [1.807, 2.05) is 12.1 Å². The maximum Gasteiger partial charge on any atom is 0.234 e. The van der Waals surface area contributed by atoms with Crippen molar-refractivity contribution < 1.29 is 9.53 Å². The molecule has 0 radical (unpaired) electrons. The van der Waals surface area contributed by atoms with Crippen molar-refractivity contribution in [2.75, 3.05) is 44.7 Å². The molecular formula is C24H31N3O2. The number of rotatable bonds is 7. The maximum absolute atomic E-state index is 12.7. The van der Waals surface area contributed by atoms with Crippen molar-refractivity contribution in [1.29, 1.82) is 0 Å². The predicted octanol–water partition coefficient (Wildman–Crippen LogP) is 3.39. The zero-order valence-electron chi connectivity index (χ0n) is 17.4. The fraction of sp³-hybridized carbons (Fsp3) is 0.458. The van der Waals surface area contributed by atoms with Crippen LogP contribution < -0.4 is 15.0 Å². The highest BCUT2D eigenvalue weighted by Gasteiger charge is 2.33. The predicted molar refractivity (Wildman–Crippen MR) is 116 cm³/mol. The van der Waals surface area contributed by atoms with Gasteiger partial charge in [0.25, 0.3) is 0 Å². The number of benzene rings is 2. The minimum atomic E-state index is 0.139. The van der Waals surface area contributed by atoms with E-state index in [0.29, 0.717) is 12.5 Å². The van der Waals surface area contributed by atoms with Crippen LogP contribution in [0.3, 0.4) is 0 Å². The molecule has 1 saturated heterocycles. The van der Waals surface area contributed by atoms with Crippen molar-refractivity contribution >= 4 is 11.6 Å². The molecule has 4 rings (SSSR count). The summed E-state index contributed by atoms with van der Waals surface area (Å²) in [4.78, 5) is 17.4. The van der Waals surface area contributed by atoms with E-state index in [0.717, 1.165) is 31.9 Å². The van der Waals surface area contributed by atoms with Crippen LogP contribution in [0.15, 0.2) is 48.5 Å². The topological polar surface area (TPSA) is 44.8 Å². The van der Waals surface area contributed by atoms with Gasteiger partial charge in [-0.25, -0.2) is 0 Å². The van der Waals surface area contributed by atoms with E-state index in [9.17, 15) is 4.79 Å². The van der Waals surface area contributed by atoms with Gasteiger partial charge in [-0.05, 0) is 55.5 Å². The first-order valence-electron chi connectivity index (χ1n) is 10.6. The van der Waals surface area contributed by atoms with E-state index in [1.165, 1.54) is 29.7 Å². The molecule has 5 heteroatoms. The van der Waals surface area contributed by atoms with Gasteiger partial charge in [-0.2, -0.15) is 0 Å². The summed E-state index contributed by atoms with van der Waals surface area (Å²) >= 11 is 0. The highest BCUT2D eigenvalue weighted by Crippen LogP contribution is 2.41. The average molecular weight is 394 g/mol. The Morgan fingerprint density at radius 2 is 1.69 bits per heavy atom. The molecule has 1 unspecified atom stereocenters. The number of methoxy groups -OCH3 is 1. The third-order valence-corrected chi connectivity index (χ3v) is 6.02. The molecule has 0 spiro atoms. The van der Waals surface area contributed by atoms with Crippen molar-refractivity contribution in [3.8, 4) is 5.75 Å². The lowest BCUT2D eigenvalue weighted by atomic mass is 10.0. The molecule has 5 nitrogen and oxygen atoms in total. The van der Waals surface area contributed by atoms with Crippen LogP contribution in [0.1, 0.15) is 30.0 Å². The number of piperazine rings is 1. The number of aryl methyl sites for hydroxylation is 1. The lowest BCUT2D eigenvalue weighted by Crippen LogP contribution is -2.50. The Hall–Kier alpha value is -2.53. The fourth-order valence-corrected chi connectivity index (χ4v) is 4.06. The van der Waals surface area contributed by atoms with Gasteiger partial charge >= 0.3 is 0 Å². The highest BCUT2D eigenvalue weighted by atomic mass is 16.5. The summed E-state index contributed by atoms with van der Waals surface area (Å²) in [5.41, 5.74) is 3.70. The van der Waals surface area contributed by atoms with E-state index < -0.39 is 0 Å². The fourth-order valence-electron chi connectivity index (χ4n) is 4.06. The number of hydrogen-bond donors (Lipinski definition) is 1. The summed E-state index contributed by atoms with van der Waals surface area (Å²) in [6, 6.07) is 16.9. The number of ether oxygens (including phenoxy) is 1. The van der Waals surface area contributed by atoms with E-state index in [4.69, 9.17) is 4.74 Å². The third kappa shape index (κ3) is 5.10. The molecule has 1 N–H and O–H groups in total. The van der Waals surface area contributed by atoms with Crippen LogP contribution in [0.5, 0.6) is 5.75 Å². The van der Waals surface area contributed by atoms with Crippen LogP contribution >= 0.6 is 0 Å². The molecule has 29 heavy (non-hydrogen) atoms. The summed E-state index contributed by atoms with van der Waals surface area (Å²) < 4.78 is 5.24. The number of hydrogen-bond acceptors (Lipinski definition) is 4. The van der Waals surface area contributed by atoms with Gasteiger partial charge in [0.2, 0.25) is 5.91 Å². The van der Waals surface area contributed by atoms with E-state index in [-0.39, 0.29) is 11.9 Å². The van der Waals surface area contributed by atoms with Gasteiger partial charge in [-0.1, -0.05) is 29.8 Å². The zero-order valence-corrected chi connectivity index (χ0v) is 17.4. The van der Waals surface area contributed by atoms with Gasteiger partial charge < -0.3 is 15.0 Å². The SMILES string of the molecule is COc1ccc(N2CCN(CC(=O)NC(c3ccc(C)cc3)C3CC3)CC2)cc1. The van der Waals surface area contributed by atoms with Crippen molar-refractivity contribution in [3.63, 3.8) is 0 Å². The Kier molecular flexibility index (Phi) is 6.05. The van der Waals surface area contributed by atoms with Crippen LogP contribution in [0.25, 0.3) is 0 Å². The molecule has 0 aromatic heterocycles. The van der Waals surface area contributed by atoms with E-state index in [1.54, 1.807) is 7.11 Å². The van der Waals surface area contributed by atoms with E-state index in [2.05, 4.69) is 58.4 Å². The van der Waals surface area contributed by atoms with Gasteiger partial charge in [-0.15, -0.1) is 0 Å². The van der Waals surface area contributed by atoms with Crippen LogP contribution in [-0.2, 0) is 4.79 Å². The molecule has 2 fully saturated rings. The molecular weight excluding hydrogens is 362 g/mol. The largest absolute Gasteiger partial charge is 0.497 e. The Morgan fingerprint density at radius 1 is 1.03 bits per heavy atom. The molecule has 1 saturated carbocycles. The summed E-state index contributed by atoms with van der Waals surface area (Å²) in [6.07, 6.45) is 2.42. The molecule has 1 amide bonds. The lowest BCUT2D eigenvalue weighted by molar-refractivity contribution is -0.123. The minimum Gasteiger partial charge on any atom is -0.497 e. The van der Waals surface area contributed by atoms with Crippen molar-refractivity contribution in [1.82, 2.24) is 10.2 Å². The Morgan fingerprint density at radius 3 is 2.28 bits per heavy atom. The summed E-state index contributed by atoms with van der Waals surface area (Å²) in [5.74, 6) is 1.61. The lowest BCUT2D eigenvalue weighted by Gasteiger charge is -2.36. The molecule has 2 aromatic carbocycles. The Labute approximate surface area is 173 Å². The molecule has 2 aromatic rings. The normalized spacial score (nSPS) is 18.3. The summed E-state index contributed by atoms with van der Waals surface area (Å²) in [6.45, 7) is 6.25. The maximum atomic E-state index is 12.7. The monoisotopic (exact) mass is 393 g/mol. The van der Waals surface area contributed by atoms with Gasteiger partial charge in [-0.3, -0.25) is 9.69 Å². The van der Waals surface area contributed by atoms with Gasteiger partial charge in [0, 0.05) is 31.9 Å².